The molecule has 1 aromatic heterocycles. The van der Waals surface area contributed by atoms with Crippen LogP contribution < -0.4 is 10.6 Å². The van der Waals surface area contributed by atoms with Gasteiger partial charge in [-0.15, -0.1) is 0 Å². The summed E-state index contributed by atoms with van der Waals surface area (Å²) >= 11 is 0. The summed E-state index contributed by atoms with van der Waals surface area (Å²) in [5.74, 6) is 0.915. The van der Waals surface area contributed by atoms with Crippen LogP contribution in [0.1, 0.15) is 36.8 Å². The molecule has 0 unspecified atom stereocenters. The first-order chi connectivity index (χ1) is 11.2. The van der Waals surface area contributed by atoms with Crippen molar-refractivity contribution in [2.45, 2.75) is 39.0 Å². The summed E-state index contributed by atoms with van der Waals surface area (Å²) in [5.41, 5.74) is 3.75. The van der Waals surface area contributed by atoms with Crippen LogP contribution >= 0.6 is 0 Å². The molecule has 1 saturated heterocycles. The number of hydrogen-bond acceptors (Lipinski definition) is 2. The molecule has 1 aliphatic rings. The Morgan fingerprint density at radius 2 is 2.13 bits per heavy atom. The van der Waals surface area contributed by atoms with E-state index in [-0.39, 0.29) is 5.91 Å². The second-order valence-corrected chi connectivity index (χ2v) is 6.64. The fourth-order valence-corrected chi connectivity index (χ4v) is 3.50. The third kappa shape index (κ3) is 4.14. The minimum absolute atomic E-state index is 0.194. The van der Waals surface area contributed by atoms with Crippen molar-refractivity contribution in [1.82, 2.24) is 15.6 Å². The van der Waals surface area contributed by atoms with Gasteiger partial charge in [-0.2, -0.15) is 0 Å². The molecule has 0 atom stereocenters. The number of para-hydroxylation sites is 1. The molecule has 1 aromatic carbocycles. The van der Waals surface area contributed by atoms with Crippen LogP contribution in [0, 0.1) is 12.8 Å². The number of aryl methyl sites for hydroxylation is 1. The van der Waals surface area contributed by atoms with Crippen molar-refractivity contribution in [3.05, 3.63) is 35.5 Å². The van der Waals surface area contributed by atoms with Crippen LogP contribution in [0.3, 0.4) is 0 Å². The van der Waals surface area contributed by atoms with Gasteiger partial charge in [-0.25, -0.2) is 0 Å². The Bertz CT molecular complexity index is 656. The number of aromatic amines is 1. The quantitative estimate of drug-likeness (QED) is 0.768. The largest absolute Gasteiger partial charge is 0.361 e. The van der Waals surface area contributed by atoms with Crippen molar-refractivity contribution >= 4 is 16.8 Å². The van der Waals surface area contributed by atoms with E-state index in [0.717, 1.165) is 31.8 Å². The number of nitrogens with one attached hydrogen (secondary N) is 3. The van der Waals surface area contributed by atoms with Gasteiger partial charge in [-0.3, -0.25) is 4.79 Å². The molecule has 0 saturated carbocycles. The van der Waals surface area contributed by atoms with Crippen molar-refractivity contribution in [3.63, 3.8) is 0 Å². The molecule has 0 radical (unpaired) electrons. The number of aromatic nitrogens is 1. The Morgan fingerprint density at radius 1 is 1.30 bits per heavy atom. The number of carbonyl (C=O) groups excluding carboxylic acids is 1. The number of piperidine rings is 1. The van der Waals surface area contributed by atoms with Gasteiger partial charge < -0.3 is 15.6 Å². The third-order valence-corrected chi connectivity index (χ3v) is 4.96. The maximum atomic E-state index is 12.0. The first-order valence-electron chi connectivity index (χ1n) is 8.77. The van der Waals surface area contributed by atoms with Gasteiger partial charge in [0.05, 0.1) is 0 Å². The maximum absolute atomic E-state index is 12.0. The monoisotopic (exact) mass is 313 g/mol. The van der Waals surface area contributed by atoms with Crippen LogP contribution in [0.4, 0.5) is 0 Å². The van der Waals surface area contributed by atoms with Crippen LogP contribution in [-0.4, -0.2) is 30.5 Å². The van der Waals surface area contributed by atoms with Gasteiger partial charge in [0.15, 0.2) is 0 Å². The molecule has 2 aromatic rings. The predicted octanol–water partition coefficient (Wildman–Crippen LogP) is 2.91. The Morgan fingerprint density at radius 3 is 2.96 bits per heavy atom. The SMILES string of the molecule is Cc1cccc2c(CCNC(=O)CCC3CCNCC3)c[nH]c12. The van der Waals surface area contributed by atoms with Crippen molar-refractivity contribution in [2.24, 2.45) is 5.92 Å². The maximum Gasteiger partial charge on any atom is 0.220 e. The van der Waals surface area contributed by atoms with Crippen molar-refractivity contribution < 1.29 is 4.79 Å². The zero-order chi connectivity index (χ0) is 16.1. The van der Waals surface area contributed by atoms with Crippen LogP contribution in [0.2, 0.25) is 0 Å². The molecular formula is C19H27N3O. The highest BCUT2D eigenvalue weighted by Gasteiger charge is 2.14. The van der Waals surface area contributed by atoms with E-state index in [4.69, 9.17) is 0 Å². The van der Waals surface area contributed by atoms with Gasteiger partial charge in [0.25, 0.3) is 0 Å². The zero-order valence-corrected chi connectivity index (χ0v) is 14.0. The standard InChI is InChI=1S/C19H27N3O/c1-14-3-2-4-17-16(13-22-19(14)17)9-12-21-18(23)6-5-15-7-10-20-11-8-15/h2-4,13,15,20,22H,5-12H2,1H3,(H,21,23). The Kier molecular flexibility index (Phi) is 5.34. The average Bonchev–Trinajstić information content (AvgIpc) is 2.99. The lowest BCUT2D eigenvalue weighted by Gasteiger charge is -2.22. The highest BCUT2D eigenvalue weighted by Crippen LogP contribution is 2.21. The van der Waals surface area contributed by atoms with Gasteiger partial charge in [-0.1, -0.05) is 18.2 Å². The molecule has 3 N–H and O–H groups in total. The van der Waals surface area contributed by atoms with Gasteiger partial charge in [-0.05, 0) is 62.7 Å². The number of fused-ring (bicyclic) bond motifs is 1. The van der Waals surface area contributed by atoms with Crippen molar-refractivity contribution in [1.29, 1.82) is 0 Å². The van der Waals surface area contributed by atoms with Gasteiger partial charge in [0.1, 0.15) is 0 Å². The van der Waals surface area contributed by atoms with Gasteiger partial charge in [0, 0.05) is 30.1 Å². The average molecular weight is 313 g/mol. The van der Waals surface area contributed by atoms with Crippen LogP contribution in [0.15, 0.2) is 24.4 Å². The molecule has 1 fully saturated rings. The molecule has 1 amide bonds. The lowest BCUT2D eigenvalue weighted by Crippen LogP contribution is -2.30. The number of hydrogen-bond donors (Lipinski definition) is 3. The van der Waals surface area contributed by atoms with Gasteiger partial charge in [0.2, 0.25) is 5.91 Å². The normalized spacial score (nSPS) is 15.9. The Labute approximate surface area is 138 Å². The van der Waals surface area contributed by atoms with Crippen LogP contribution in [0.25, 0.3) is 10.9 Å². The minimum Gasteiger partial charge on any atom is -0.361 e. The van der Waals surface area contributed by atoms with E-state index in [0.29, 0.717) is 13.0 Å². The molecule has 0 bridgehead atoms. The smallest absolute Gasteiger partial charge is 0.220 e. The summed E-state index contributed by atoms with van der Waals surface area (Å²) in [6, 6.07) is 6.35. The van der Waals surface area contributed by atoms with Gasteiger partial charge >= 0.3 is 0 Å². The number of carbonyl (C=O) groups is 1. The van der Waals surface area contributed by atoms with Crippen molar-refractivity contribution in [2.75, 3.05) is 19.6 Å². The summed E-state index contributed by atoms with van der Waals surface area (Å²) in [5, 5.41) is 7.71. The number of rotatable bonds is 6. The molecule has 23 heavy (non-hydrogen) atoms. The second-order valence-electron chi connectivity index (χ2n) is 6.64. The molecule has 1 aliphatic heterocycles. The van der Waals surface area contributed by atoms with E-state index in [1.165, 1.54) is 34.9 Å². The minimum atomic E-state index is 0.194. The number of H-pyrrole nitrogens is 1. The summed E-state index contributed by atoms with van der Waals surface area (Å²) in [4.78, 5) is 15.3. The molecule has 0 aliphatic carbocycles. The summed E-state index contributed by atoms with van der Waals surface area (Å²) in [6.45, 7) is 5.04. The first kappa shape index (κ1) is 16.1. The lowest BCUT2D eigenvalue weighted by molar-refractivity contribution is -0.121. The topological polar surface area (TPSA) is 56.9 Å². The van der Waals surface area contributed by atoms with E-state index < -0.39 is 0 Å². The highest BCUT2D eigenvalue weighted by molar-refractivity contribution is 5.86. The van der Waals surface area contributed by atoms with E-state index in [1.807, 2.05) is 0 Å². The molecule has 3 rings (SSSR count). The van der Waals surface area contributed by atoms with Crippen LogP contribution in [0.5, 0.6) is 0 Å². The molecule has 2 heterocycles. The lowest BCUT2D eigenvalue weighted by atomic mass is 9.93. The van der Waals surface area contributed by atoms with E-state index in [2.05, 4.69) is 46.9 Å². The molecule has 4 heteroatoms. The summed E-state index contributed by atoms with van der Waals surface area (Å²) < 4.78 is 0. The molecular weight excluding hydrogens is 286 g/mol. The fraction of sp³-hybridized carbons (Fsp3) is 0.526. The highest BCUT2D eigenvalue weighted by atomic mass is 16.1. The van der Waals surface area contributed by atoms with E-state index >= 15 is 0 Å². The number of benzene rings is 1. The molecule has 0 spiro atoms. The zero-order valence-electron chi connectivity index (χ0n) is 14.0. The van der Waals surface area contributed by atoms with Crippen LogP contribution in [-0.2, 0) is 11.2 Å². The molecule has 4 nitrogen and oxygen atoms in total. The predicted molar refractivity (Wildman–Crippen MR) is 94.6 cm³/mol. The number of amides is 1. The third-order valence-electron chi connectivity index (χ3n) is 4.96. The molecule has 124 valence electrons. The summed E-state index contributed by atoms with van der Waals surface area (Å²) in [6.07, 6.45) is 7.06. The summed E-state index contributed by atoms with van der Waals surface area (Å²) in [7, 11) is 0. The first-order valence-corrected chi connectivity index (χ1v) is 8.77. The fourth-order valence-electron chi connectivity index (χ4n) is 3.50. The Balaban J connectivity index is 1.43. The Hall–Kier alpha value is -1.81. The second kappa shape index (κ2) is 7.64. The van der Waals surface area contributed by atoms with E-state index in [1.54, 1.807) is 0 Å². The van der Waals surface area contributed by atoms with E-state index in [9.17, 15) is 4.79 Å². The van der Waals surface area contributed by atoms with Crippen molar-refractivity contribution in [3.8, 4) is 0 Å².